The third kappa shape index (κ3) is 2.98. The zero-order valence-corrected chi connectivity index (χ0v) is 14.0. The molecule has 0 saturated carbocycles. The maximum Gasteiger partial charge on any atom is 0.254 e. The van der Waals surface area contributed by atoms with E-state index in [9.17, 15) is 9.59 Å². The predicted octanol–water partition coefficient (Wildman–Crippen LogP) is 1.21. The number of nitrogens with one attached hydrogen (secondary N) is 1. The van der Waals surface area contributed by atoms with Crippen LogP contribution in [0.25, 0.3) is 0 Å². The van der Waals surface area contributed by atoms with E-state index in [4.69, 9.17) is 14.2 Å². The molecule has 1 aromatic rings. The number of likely N-dealkylation sites (N-methyl/N-ethyl adjacent to an activating group) is 1. The molecule has 1 atom stereocenters. The lowest BCUT2D eigenvalue weighted by molar-refractivity contribution is -0.126. The molecule has 1 fully saturated rings. The molecule has 2 aliphatic rings. The molecular formula is C17H22N2O5. The molecule has 0 aliphatic carbocycles. The molecule has 0 bridgehead atoms. The number of ether oxygens (including phenoxy) is 3. The molecule has 2 heterocycles. The first-order chi connectivity index (χ1) is 11.7. The molecule has 3 rings (SSSR count). The number of hydrogen-bond donors (Lipinski definition) is 1. The Morgan fingerprint density at radius 1 is 1.25 bits per heavy atom. The van der Waals surface area contributed by atoms with E-state index in [1.165, 1.54) is 7.11 Å². The molecular weight excluding hydrogens is 312 g/mol. The van der Waals surface area contributed by atoms with Crippen LogP contribution in [-0.4, -0.2) is 56.7 Å². The maximum absolute atomic E-state index is 13.0. The van der Waals surface area contributed by atoms with Crippen molar-refractivity contribution >= 4 is 11.8 Å². The Hall–Kier alpha value is -2.44. The Bertz CT molecular complexity index is 629. The Morgan fingerprint density at radius 2 is 2.04 bits per heavy atom. The summed E-state index contributed by atoms with van der Waals surface area (Å²) >= 11 is 0. The summed E-state index contributed by atoms with van der Waals surface area (Å²) in [7, 11) is 3.11. The minimum absolute atomic E-state index is 0.132. The average Bonchev–Trinajstić information content (AvgIpc) is 2.65. The fourth-order valence-electron chi connectivity index (χ4n) is 3.18. The normalized spacial score (nSPS) is 19.6. The molecule has 7 nitrogen and oxygen atoms in total. The van der Waals surface area contributed by atoms with E-state index in [0.717, 1.165) is 12.8 Å². The highest BCUT2D eigenvalue weighted by atomic mass is 16.6. The number of methoxy groups -OCH3 is 1. The van der Waals surface area contributed by atoms with Gasteiger partial charge in [0.15, 0.2) is 11.5 Å². The molecule has 7 heteroatoms. The van der Waals surface area contributed by atoms with Gasteiger partial charge in [-0.05, 0) is 31.4 Å². The van der Waals surface area contributed by atoms with Gasteiger partial charge in [-0.2, -0.15) is 0 Å². The number of likely N-dealkylation sites (tertiary alicyclic amines) is 1. The van der Waals surface area contributed by atoms with Crippen LogP contribution in [-0.2, 0) is 4.79 Å². The van der Waals surface area contributed by atoms with Crippen LogP contribution in [0.4, 0.5) is 0 Å². The zero-order valence-electron chi connectivity index (χ0n) is 14.0. The number of amides is 2. The second kappa shape index (κ2) is 6.98. The quantitative estimate of drug-likeness (QED) is 0.899. The summed E-state index contributed by atoms with van der Waals surface area (Å²) in [4.78, 5) is 26.7. The van der Waals surface area contributed by atoms with Crippen LogP contribution in [0.3, 0.4) is 0 Å². The van der Waals surface area contributed by atoms with Crippen LogP contribution >= 0.6 is 0 Å². The number of benzene rings is 1. The Labute approximate surface area is 140 Å². The molecule has 130 valence electrons. The van der Waals surface area contributed by atoms with E-state index in [2.05, 4.69) is 5.32 Å². The number of fused-ring (bicyclic) bond motifs is 1. The molecule has 0 spiro atoms. The van der Waals surface area contributed by atoms with E-state index in [1.807, 2.05) is 0 Å². The topological polar surface area (TPSA) is 77.1 Å². The fraction of sp³-hybridized carbons (Fsp3) is 0.529. The molecule has 0 radical (unpaired) electrons. The highest BCUT2D eigenvalue weighted by Gasteiger charge is 2.33. The number of nitrogens with zero attached hydrogens (tertiary/aromatic N) is 1. The fourth-order valence-corrected chi connectivity index (χ4v) is 3.18. The molecule has 2 aliphatic heterocycles. The second-order valence-corrected chi connectivity index (χ2v) is 5.83. The highest BCUT2D eigenvalue weighted by Crippen LogP contribution is 2.40. The smallest absolute Gasteiger partial charge is 0.254 e. The van der Waals surface area contributed by atoms with Gasteiger partial charge in [-0.1, -0.05) is 0 Å². The standard InChI is InChI=1S/C17H22N2O5/c1-18-16(20)12-5-3-4-6-19(12)17(21)11-9-13(22-2)15-14(10-11)23-7-8-24-15/h9-10,12H,3-8H2,1-2H3,(H,18,20). The summed E-state index contributed by atoms with van der Waals surface area (Å²) in [6, 6.07) is 2.87. The van der Waals surface area contributed by atoms with E-state index in [1.54, 1.807) is 24.1 Å². The van der Waals surface area contributed by atoms with Gasteiger partial charge in [-0.25, -0.2) is 0 Å². The monoisotopic (exact) mass is 334 g/mol. The van der Waals surface area contributed by atoms with Crippen molar-refractivity contribution in [2.75, 3.05) is 33.9 Å². The minimum atomic E-state index is -0.435. The molecule has 2 amide bonds. The summed E-state index contributed by atoms with van der Waals surface area (Å²) in [6.45, 7) is 1.44. The average molecular weight is 334 g/mol. The summed E-state index contributed by atoms with van der Waals surface area (Å²) in [5.41, 5.74) is 0.437. The lowest BCUT2D eigenvalue weighted by atomic mass is 9.99. The number of hydrogen-bond acceptors (Lipinski definition) is 5. The summed E-state index contributed by atoms with van der Waals surface area (Å²) in [5.74, 6) is 1.15. The molecule has 0 aromatic heterocycles. The SMILES string of the molecule is CNC(=O)C1CCCCN1C(=O)c1cc(OC)c2c(c1)OCCO2. The number of carbonyl (C=O) groups is 2. The van der Waals surface area contributed by atoms with Crippen LogP contribution in [0.15, 0.2) is 12.1 Å². The minimum Gasteiger partial charge on any atom is -0.493 e. The van der Waals surface area contributed by atoms with Gasteiger partial charge in [0.05, 0.1) is 7.11 Å². The molecule has 1 saturated heterocycles. The summed E-state index contributed by atoms with van der Waals surface area (Å²) in [5, 5.41) is 2.64. The zero-order chi connectivity index (χ0) is 17.1. The number of carbonyl (C=O) groups excluding carboxylic acids is 2. The van der Waals surface area contributed by atoms with Crippen molar-refractivity contribution in [2.24, 2.45) is 0 Å². The van der Waals surface area contributed by atoms with E-state index in [0.29, 0.717) is 49.0 Å². The van der Waals surface area contributed by atoms with Gasteiger partial charge in [0.2, 0.25) is 11.7 Å². The van der Waals surface area contributed by atoms with Gasteiger partial charge in [0.1, 0.15) is 19.3 Å². The third-order valence-corrected chi connectivity index (χ3v) is 4.39. The Morgan fingerprint density at radius 3 is 2.79 bits per heavy atom. The van der Waals surface area contributed by atoms with Crippen molar-refractivity contribution in [3.05, 3.63) is 17.7 Å². The van der Waals surface area contributed by atoms with Crippen LogP contribution < -0.4 is 19.5 Å². The van der Waals surface area contributed by atoms with E-state index in [-0.39, 0.29) is 11.8 Å². The molecule has 1 unspecified atom stereocenters. The van der Waals surface area contributed by atoms with Crippen molar-refractivity contribution in [1.82, 2.24) is 10.2 Å². The first kappa shape index (κ1) is 16.4. The molecule has 1 aromatic carbocycles. The van der Waals surface area contributed by atoms with E-state index >= 15 is 0 Å². The largest absolute Gasteiger partial charge is 0.493 e. The van der Waals surface area contributed by atoms with Gasteiger partial charge in [0, 0.05) is 19.2 Å². The first-order valence-corrected chi connectivity index (χ1v) is 8.16. The highest BCUT2D eigenvalue weighted by molar-refractivity contribution is 5.98. The predicted molar refractivity (Wildman–Crippen MR) is 86.7 cm³/mol. The lowest BCUT2D eigenvalue weighted by Gasteiger charge is -2.34. The first-order valence-electron chi connectivity index (χ1n) is 8.16. The molecule has 24 heavy (non-hydrogen) atoms. The Balaban J connectivity index is 1.92. The molecule has 1 N–H and O–H groups in total. The van der Waals surface area contributed by atoms with E-state index < -0.39 is 6.04 Å². The summed E-state index contributed by atoms with van der Waals surface area (Å²) < 4.78 is 16.5. The lowest BCUT2D eigenvalue weighted by Crippen LogP contribution is -2.51. The second-order valence-electron chi connectivity index (χ2n) is 5.83. The van der Waals surface area contributed by atoms with Crippen molar-refractivity contribution in [3.63, 3.8) is 0 Å². The van der Waals surface area contributed by atoms with Crippen LogP contribution in [0.2, 0.25) is 0 Å². The van der Waals surface area contributed by atoms with Gasteiger partial charge in [0.25, 0.3) is 5.91 Å². The summed E-state index contributed by atoms with van der Waals surface area (Å²) in [6.07, 6.45) is 2.50. The van der Waals surface area contributed by atoms with Crippen molar-refractivity contribution in [2.45, 2.75) is 25.3 Å². The Kier molecular flexibility index (Phi) is 4.78. The van der Waals surface area contributed by atoms with Crippen LogP contribution in [0.5, 0.6) is 17.2 Å². The van der Waals surface area contributed by atoms with Gasteiger partial charge >= 0.3 is 0 Å². The van der Waals surface area contributed by atoms with Gasteiger partial charge in [-0.3, -0.25) is 9.59 Å². The van der Waals surface area contributed by atoms with Crippen molar-refractivity contribution in [1.29, 1.82) is 0 Å². The van der Waals surface area contributed by atoms with Gasteiger partial charge < -0.3 is 24.4 Å². The van der Waals surface area contributed by atoms with Gasteiger partial charge in [-0.15, -0.1) is 0 Å². The van der Waals surface area contributed by atoms with Crippen LogP contribution in [0, 0.1) is 0 Å². The number of rotatable bonds is 3. The third-order valence-electron chi connectivity index (χ3n) is 4.39. The maximum atomic E-state index is 13.0. The van der Waals surface area contributed by atoms with Crippen molar-refractivity contribution in [3.8, 4) is 17.2 Å². The van der Waals surface area contributed by atoms with Crippen LogP contribution in [0.1, 0.15) is 29.6 Å². The van der Waals surface area contributed by atoms with Crippen molar-refractivity contribution < 1.29 is 23.8 Å². The number of piperidine rings is 1.